The van der Waals surface area contributed by atoms with Crippen molar-refractivity contribution in [2.24, 2.45) is 0 Å². The first-order valence-electron chi connectivity index (χ1n) is 6.64. The number of hydrogen-bond acceptors (Lipinski definition) is 6. The van der Waals surface area contributed by atoms with Gasteiger partial charge in [-0.15, -0.1) is 0 Å². The van der Waals surface area contributed by atoms with Crippen molar-refractivity contribution in [3.05, 3.63) is 11.5 Å². The summed E-state index contributed by atoms with van der Waals surface area (Å²) in [5, 5.41) is 3.69. The van der Waals surface area contributed by atoms with Gasteiger partial charge in [0, 0.05) is 26.2 Å². The molecule has 1 aromatic rings. The third-order valence-corrected chi connectivity index (χ3v) is 5.60. The summed E-state index contributed by atoms with van der Waals surface area (Å²) in [5.41, 5.74) is 0.349. The molecule has 1 aromatic heterocycles. The number of carbonyl (C=O) groups excluding carboxylic acids is 1. The van der Waals surface area contributed by atoms with Gasteiger partial charge in [0.25, 0.3) is 0 Å². The summed E-state index contributed by atoms with van der Waals surface area (Å²) in [7, 11) is -2.35. The monoisotopic (exact) mass is 317 g/mol. The van der Waals surface area contributed by atoms with Gasteiger partial charge < -0.3 is 14.2 Å². The maximum Gasteiger partial charge on any atom is 0.409 e. The van der Waals surface area contributed by atoms with E-state index >= 15 is 0 Å². The molecule has 8 nitrogen and oxygen atoms in total. The standard InChI is InChI=1S/C12H19N3O5S/c1-9-11(10(2)20-13-9)21(17,18)15-6-4-5-14(7-8-15)12(16)19-3/h4-8H2,1-3H3. The van der Waals surface area contributed by atoms with E-state index in [1.807, 2.05) is 0 Å². The highest BCUT2D eigenvalue weighted by Crippen LogP contribution is 2.24. The molecule has 0 bridgehead atoms. The van der Waals surface area contributed by atoms with E-state index in [4.69, 9.17) is 4.52 Å². The number of sulfonamides is 1. The SMILES string of the molecule is COC(=O)N1CCCN(S(=O)(=O)c2c(C)noc2C)CC1. The van der Waals surface area contributed by atoms with E-state index in [0.29, 0.717) is 31.7 Å². The molecule has 0 N–H and O–H groups in total. The van der Waals surface area contributed by atoms with Gasteiger partial charge in [0.05, 0.1) is 7.11 Å². The Bertz CT molecular complexity index is 605. The minimum absolute atomic E-state index is 0.119. The number of aromatic nitrogens is 1. The van der Waals surface area contributed by atoms with Crippen molar-refractivity contribution in [3.63, 3.8) is 0 Å². The van der Waals surface area contributed by atoms with Crippen LogP contribution >= 0.6 is 0 Å². The van der Waals surface area contributed by atoms with E-state index in [0.717, 1.165) is 0 Å². The average Bonchev–Trinajstić information content (AvgIpc) is 2.68. The molecule has 2 heterocycles. The van der Waals surface area contributed by atoms with Gasteiger partial charge in [-0.25, -0.2) is 13.2 Å². The van der Waals surface area contributed by atoms with Crippen molar-refractivity contribution < 1.29 is 22.5 Å². The van der Waals surface area contributed by atoms with Crippen molar-refractivity contribution in [1.82, 2.24) is 14.4 Å². The van der Waals surface area contributed by atoms with E-state index in [1.165, 1.54) is 16.3 Å². The molecule has 9 heteroatoms. The first-order chi connectivity index (χ1) is 9.87. The predicted molar refractivity (Wildman–Crippen MR) is 73.3 cm³/mol. The number of methoxy groups -OCH3 is 1. The average molecular weight is 317 g/mol. The van der Waals surface area contributed by atoms with E-state index in [9.17, 15) is 13.2 Å². The maximum absolute atomic E-state index is 12.7. The van der Waals surface area contributed by atoms with Crippen molar-refractivity contribution in [2.75, 3.05) is 33.3 Å². The lowest BCUT2D eigenvalue weighted by Gasteiger charge is -2.20. The maximum atomic E-state index is 12.7. The van der Waals surface area contributed by atoms with Gasteiger partial charge >= 0.3 is 6.09 Å². The summed E-state index contributed by atoms with van der Waals surface area (Å²) in [6, 6.07) is 0. The Hall–Kier alpha value is -1.61. The summed E-state index contributed by atoms with van der Waals surface area (Å²) in [6.45, 7) is 4.52. The van der Waals surface area contributed by atoms with Crippen LogP contribution in [0.5, 0.6) is 0 Å². The van der Waals surface area contributed by atoms with Crippen LogP contribution in [0.2, 0.25) is 0 Å². The van der Waals surface area contributed by atoms with Gasteiger partial charge in [0.15, 0.2) is 5.76 Å². The van der Waals surface area contributed by atoms with Gasteiger partial charge in [0.1, 0.15) is 10.6 Å². The number of ether oxygens (including phenoxy) is 1. The molecule has 2 rings (SSSR count). The van der Waals surface area contributed by atoms with Crippen LogP contribution in [0.4, 0.5) is 4.79 Å². The highest BCUT2D eigenvalue weighted by Gasteiger charge is 2.32. The summed E-state index contributed by atoms with van der Waals surface area (Å²) >= 11 is 0. The third-order valence-electron chi connectivity index (χ3n) is 3.45. The Morgan fingerprint density at radius 1 is 1.24 bits per heavy atom. The van der Waals surface area contributed by atoms with Gasteiger partial charge in [-0.3, -0.25) is 0 Å². The van der Waals surface area contributed by atoms with E-state index in [2.05, 4.69) is 9.89 Å². The van der Waals surface area contributed by atoms with Crippen LogP contribution in [-0.2, 0) is 14.8 Å². The molecule has 0 saturated carbocycles. The van der Waals surface area contributed by atoms with Crippen LogP contribution in [0.3, 0.4) is 0 Å². The smallest absolute Gasteiger partial charge is 0.409 e. The molecule has 1 aliphatic rings. The third kappa shape index (κ3) is 3.03. The summed E-state index contributed by atoms with van der Waals surface area (Å²) in [4.78, 5) is 13.1. The molecule has 21 heavy (non-hydrogen) atoms. The van der Waals surface area contributed by atoms with Crippen molar-refractivity contribution in [2.45, 2.75) is 25.2 Å². The molecule has 0 aromatic carbocycles. The van der Waals surface area contributed by atoms with Crippen molar-refractivity contribution >= 4 is 16.1 Å². The minimum atomic E-state index is -3.66. The van der Waals surface area contributed by atoms with E-state index < -0.39 is 16.1 Å². The van der Waals surface area contributed by atoms with Gasteiger partial charge in [-0.2, -0.15) is 4.31 Å². The molecule has 0 unspecified atom stereocenters. The highest BCUT2D eigenvalue weighted by molar-refractivity contribution is 7.89. The number of nitrogens with zero attached hydrogens (tertiary/aromatic N) is 3. The predicted octanol–water partition coefficient (Wildman–Crippen LogP) is 0.754. The van der Waals surface area contributed by atoms with Gasteiger partial charge in [0.2, 0.25) is 10.0 Å². The number of aryl methyl sites for hydroxylation is 2. The fourth-order valence-corrected chi connectivity index (χ4v) is 4.18. The van der Waals surface area contributed by atoms with Crippen molar-refractivity contribution in [1.29, 1.82) is 0 Å². The topological polar surface area (TPSA) is 93.0 Å². The second-order valence-electron chi connectivity index (χ2n) is 4.87. The molecular weight excluding hydrogens is 298 g/mol. The van der Waals surface area contributed by atoms with E-state index in [-0.39, 0.29) is 17.2 Å². The van der Waals surface area contributed by atoms with Crippen LogP contribution in [-0.4, -0.2) is 62.2 Å². The summed E-state index contributed by atoms with van der Waals surface area (Å²) in [5.74, 6) is 0.279. The Balaban J connectivity index is 2.21. The van der Waals surface area contributed by atoms with Crippen LogP contribution in [0, 0.1) is 13.8 Å². The first-order valence-corrected chi connectivity index (χ1v) is 8.08. The van der Waals surface area contributed by atoms with Gasteiger partial charge in [-0.1, -0.05) is 5.16 Å². The summed E-state index contributed by atoms with van der Waals surface area (Å²) in [6.07, 6.45) is 0.115. The second kappa shape index (κ2) is 6.02. The molecular formula is C12H19N3O5S. The van der Waals surface area contributed by atoms with Crippen LogP contribution in [0.1, 0.15) is 17.9 Å². The highest BCUT2D eigenvalue weighted by atomic mass is 32.2. The largest absolute Gasteiger partial charge is 0.453 e. The number of amides is 1. The van der Waals surface area contributed by atoms with Gasteiger partial charge in [-0.05, 0) is 20.3 Å². The molecule has 1 amide bonds. The Kier molecular flexibility index (Phi) is 4.52. The van der Waals surface area contributed by atoms with Crippen LogP contribution in [0.15, 0.2) is 9.42 Å². The number of rotatable bonds is 2. The zero-order chi connectivity index (χ0) is 15.6. The summed E-state index contributed by atoms with van der Waals surface area (Å²) < 4.78 is 36.3. The number of carbonyl (C=O) groups is 1. The van der Waals surface area contributed by atoms with Crippen LogP contribution in [0.25, 0.3) is 0 Å². The fraction of sp³-hybridized carbons (Fsp3) is 0.667. The number of hydrogen-bond donors (Lipinski definition) is 0. The van der Waals surface area contributed by atoms with Crippen LogP contribution < -0.4 is 0 Å². The Morgan fingerprint density at radius 3 is 2.52 bits per heavy atom. The minimum Gasteiger partial charge on any atom is -0.453 e. The molecule has 0 atom stereocenters. The molecule has 1 fully saturated rings. The molecule has 1 saturated heterocycles. The van der Waals surface area contributed by atoms with E-state index in [1.54, 1.807) is 13.8 Å². The molecule has 0 radical (unpaired) electrons. The lowest BCUT2D eigenvalue weighted by molar-refractivity contribution is 0.126. The fourth-order valence-electron chi connectivity index (χ4n) is 2.42. The molecule has 0 spiro atoms. The second-order valence-corrected chi connectivity index (χ2v) is 6.74. The first kappa shape index (κ1) is 15.8. The molecule has 118 valence electrons. The quantitative estimate of drug-likeness (QED) is 0.799. The Labute approximate surface area is 123 Å². The molecule has 1 aliphatic heterocycles. The lowest BCUT2D eigenvalue weighted by atomic mass is 10.4. The normalized spacial score (nSPS) is 17.6. The Morgan fingerprint density at radius 2 is 1.95 bits per heavy atom. The lowest BCUT2D eigenvalue weighted by Crippen LogP contribution is -2.37. The molecule has 0 aliphatic carbocycles. The zero-order valence-corrected chi connectivity index (χ0v) is 13.1. The van der Waals surface area contributed by atoms with Crippen molar-refractivity contribution in [3.8, 4) is 0 Å². The zero-order valence-electron chi connectivity index (χ0n) is 12.3.